The molecule has 7 aliphatic carbocycles. The number of fused-ring (bicyclic) bond motifs is 7. The lowest BCUT2D eigenvalue weighted by Crippen LogP contribution is -2.70. The molecule has 2 aliphatic heterocycles. The van der Waals surface area contributed by atoms with Crippen LogP contribution in [0, 0.1) is 78.8 Å². The summed E-state index contributed by atoms with van der Waals surface area (Å²) in [6.45, 7) is 26.4. The van der Waals surface area contributed by atoms with Gasteiger partial charge in [-0.3, -0.25) is 14.4 Å². The van der Waals surface area contributed by atoms with E-state index in [0.717, 1.165) is 45.2 Å². The Balaban J connectivity index is 0.989. The topological polar surface area (TPSA) is 87.2 Å². The SMILES string of the molecule is CC1([C@@H]2CC[C@]3(C(=O)N4CCC[C@@H]4CN4CCCC4)CCC4[C@H](CC[C@]5(C)C6(C)CC[C@H](OC(=O)[C@H]7C[C@@H](C(=O)O)C7(C)C)C(C)(C)[C@@H]6CC[C@@]45C)[C@@]23C)CC1. The molecule has 0 aromatic heterocycles. The highest BCUT2D eigenvalue weighted by Gasteiger charge is 2.77. The third-order valence-corrected chi connectivity index (χ3v) is 22.1. The molecule has 9 rings (SSSR count). The first-order valence-electron chi connectivity index (χ1n) is 23.7. The molecule has 0 bridgehead atoms. The molecule has 314 valence electrons. The van der Waals surface area contributed by atoms with Gasteiger partial charge in [-0.05, 0) is 178 Å². The summed E-state index contributed by atoms with van der Waals surface area (Å²) in [5.41, 5.74) is -0.0298. The summed E-state index contributed by atoms with van der Waals surface area (Å²) in [6.07, 6.45) is 19.3. The Labute approximate surface area is 339 Å². The summed E-state index contributed by atoms with van der Waals surface area (Å²) in [6, 6.07) is 0.398. The van der Waals surface area contributed by atoms with Crippen LogP contribution in [0.2, 0.25) is 0 Å². The standard InChI is InChI=1S/C49H78N2O5/c1-42(2)34(39(52)53)29-35(42)40(54)56-38-18-20-46(7)36(43(38,3)4)16-19-45(6)32-15-22-49(41(55)51-28-12-13-31(51)30-50-26-10-11-27-50)23-17-37(44(5)24-25-44)48(49,9)33(32)14-21-47(45,46)8/h31-38H,10-30H2,1-9H3,(H,52,53)/t31-,32?,33+,34+,35-,36+,37+,38+,45+,46?,47+,48+,49+/m1/s1. The predicted molar refractivity (Wildman–Crippen MR) is 219 cm³/mol. The normalized spacial score (nSPS) is 49.8. The minimum atomic E-state index is -0.802. The number of hydrogen-bond donors (Lipinski definition) is 1. The lowest BCUT2D eigenvalue weighted by Gasteiger charge is -2.75. The van der Waals surface area contributed by atoms with Crippen LogP contribution in [-0.2, 0) is 19.1 Å². The molecule has 0 aromatic carbocycles. The number of amides is 1. The zero-order valence-corrected chi connectivity index (χ0v) is 36.9. The quantitative estimate of drug-likeness (QED) is 0.259. The van der Waals surface area contributed by atoms with Crippen molar-refractivity contribution in [2.45, 2.75) is 184 Å². The maximum atomic E-state index is 15.6. The summed E-state index contributed by atoms with van der Waals surface area (Å²) >= 11 is 0. The van der Waals surface area contributed by atoms with Crippen molar-refractivity contribution in [3.05, 3.63) is 0 Å². The molecule has 1 amide bonds. The van der Waals surface area contributed by atoms with Gasteiger partial charge < -0.3 is 19.6 Å². The van der Waals surface area contributed by atoms with Crippen molar-refractivity contribution in [3.8, 4) is 0 Å². The van der Waals surface area contributed by atoms with Gasteiger partial charge in [0.2, 0.25) is 5.91 Å². The van der Waals surface area contributed by atoms with Crippen molar-refractivity contribution in [3.63, 3.8) is 0 Å². The molecule has 7 saturated carbocycles. The minimum absolute atomic E-state index is 0.0429. The van der Waals surface area contributed by atoms with E-state index in [1.165, 1.54) is 83.7 Å². The second-order valence-electron chi connectivity index (χ2n) is 24.2. The van der Waals surface area contributed by atoms with Crippen LogP contribution in [0.25, 0.3) is 0 Å². The average molecular weight is 775 g/mol. The lowest BCUT2D eigenvalue weighted by atomic mass is 9.29. The zero-order valence-electron chi connectivity index (χ0n) is 36.9. The zero-order chi connectivity index (χ0) is 40.1. The van der Waals surface area contributed by atoms with Crippen LogP contribution in [0.3, 0.4) is 0 Å². The van der Waals surface area contributed by atoms with Gasteiger partial charge in [-0.25, -0.2) is 0 Å². The second kappa shape index (κ2) is 12.7. The van der Waals surface area contributed by atoms with Gasteiger partial charge in [-0.2, -0.15) is 0 Å². The van der Waals surface area contributed by atoms with E-state index >= 15 is 4.79 Å². The van der Waals surface area contributed by atoms with Gasteiger partial charge in [0.15, 0.2) is 0 Å². The van der Waals surface area contributed by atoms with Gasteiger partial charge >= 0.3 is 11.9 Å². The fraction of sp³-hybridized carbons (Fsp3) is 0.939. The number of nitrogens with zero attached hydrogens (tertiary/aromatic N) is 2. The Morgan fingerprint density at radius 2 is 1.29 bits per heavy atom. The van der Waals surface area contributed by atoms with Gasteiger partial charge in [0, 0.05) is 24.5 Å². The lowest BCUT2D eigenvalue weighted by molar-refractivity contribution is -0.276. The largest absolute Gasteiger partial charge is 0.481 e. The molecule has 1 N–H and O–H groups in total. The number of carboxylic acids is 1. The molecule has 56 heavy (non-hydrogen) atoms. The highest BCUT2D eigenvalue weighted by molar-refractivity contribution is 5.85. The van der Waals surface area contributed by atoms with Gasteiger partial charge in [0.1, 0.15) is 6.10 Å². The van der Waals surface area contributed by atoms with E-state index < -0.39 is 17.3 Å². The molecule has 0 radical (unpaired) electrons. The van der Waals surface area contributed by atoms with Crippen molar-refractivity contribution in [2.24, 2.45) is 78.8 Å². The Hall–Kier alpha value is -1.63. The van der Waals surface area contributed by atoms with E-state index in [4.69, 9.17) is 4.74 Å². The van der Waals surface area contributed by atoms with Crippen molar-refractivity contribution in [1.82, 2.24) is 9.80 Å². The van der Waals surface area contributed by atoms with Crippen LogP contribution in [0.1, 0.15) is 171 Å². The fourth-order valence-corrected chi connectivity index (χ4v) is 18.0. The van der Waals surface area contributed by atoms with Crippen LogP contribution in [-0.4, -0.2) is 71.1 Å². The Morgan fingerprint density at radius 3 is 1.95 bits per heavy atom. The van der Waals surface area contributed by atoms with E-state index in [-0.39, 0.29) is 50.5 Å². The number of hydrogen-bond acceptors (Lipinski definition) is 5. The molecule has 0 spiro atoms. The molecule has 7 heteroatoms. The van der Waals surface area contributed by atoms with Crippen LogP contribution < -0.4 is 0 Å². The Morgan fingerprint density at radius 1 is 0.643 bits per heavy atom. The van der Waals surface area contributed by atoms with Crippen molar-refractivity contribution >= 4 is 17.8 Å². The number of ether oxygens (including phenoxy) is 1. The van der Waals surface area contributed by atoms with Gasteiger partial charge in [-0.1, -0.05) is 62.3 Å². The number of esters is 1. The number of aliphatic carboxylic acids is 1. The molecule has 0 aromatic rings. The van der Waals surface area contributed by atoms with Crippen LogP contribution in [0.15, 0.2) is 0 Å². The summed E-state index contributed by atoms with van der Waals surface area (Å²) in [5.74, 6) is 1.07. The van der Waals surface area contributed by atoms with E-state index in [2.05, 4.69) is 58.3 Å². The van der Waals surface area contributed by atoms with E-state index in [1.54, 1.807) is 0 Å². The number of carbonyl (C=O) groups excluding carboxylic acids is 2. The molecule has 2 saturated heterocycles. The van der Waals surface area contributed by atoms with E-state index in [1.807, 2.05) is 13.8 Å². The third-order valence-electron chi connectivity index (χ3n) is 22.1. The Kier molecular flexibility index (Phi) is 9.03. The number of rotatable bonds is 7. The number of carbonyl (C=O) groups is 3. The highest BCUT2D eigenvalue weighted by Crippen LogP contribution is 2.82. The summed E-state index contributed by atoms with van der Waals surface area (Å²) in [5, 5.41) is 9.72. The third kappa shape index (κ3) is 5.05. The van der Waals surface area contributed by atoms with Crippen molar-refractivity contribution in [2.75, 3.05) is 26.2 Å². The maximum Gasteiger partial charge on any atom is 0.309 e. The van der Waals surface area contributed by atoms with Gasteiger partial charge in [0.25, 0.3) is 0 Å². The first kappa shape index (κ1) is 39.8. The molecule has 2 unspecified atom stereocenters. The van der Waals surface area contributed by atoms with Crippen LogP contribution in [0.5, 0.6) is 0 Å². The summed E-state index contributed by atoms with van der Waals surface area (Å²) < 4.78 is 6.51. The molecule has 7 nitrogen and oxygen atoms in total. The predicted octanol–water partition coefficient (Wildman–Crippen LogP) is 10.0. The number of carboxylic acid groups (broad SMARTS) is 1. The fourth-order valence-electron chi connectivity index (χ4n) is 18.0. The van der Waals surface area contributed by atoms with Crippen LogP contribution in [0.4, 0.5) is 0 Å². The van der Waals surface area contributed by atoms with E-state index in [0.29, 0.717) is 47.5 Å². The van der Waals surface area contributed by atoms with E-state index in [9.17, 15) is 14.7 Å². The van der Waals surface area contributed by atoms with Crippen molar-refractivity contribution < 1.29 is 24.2 Å². The smallest absolute Gasteiger partial charge is 0.309 e. The molecular formula is C49H78N2O5. The average Bonchev–Trinajstić information content (AvgIpc) is 3.48. The Bertz CT molecular complexity index is 1630. The van der Waals surface area contributed by atoms with Crippen LogP contribution >= 0.6 is 0 Å². The molecule has 9 fully saturated rings. The number of likely N-dealkylation sites (tertiary alicyclic amines) is 2. The van der Waals surface area contributed by atoms with Gasteiger partial charge in [0.05, 0.1) is 17.3 Å². The molecule has 9 aliphatic rings. The summed E-state index contributed by atoms with van der Waals surface area (Å²) in [4.78, 5) is 46.3. The summed E-state index contributed by atoms with van der Waals surface area (Å²) in [7, 11) is 0. The highest BCUT2D eigenvalue weighted by atomic mass is 16.5. The maximum absolute atomic E-state index is 15.6. The molecular weight excluding hydrogens is 697 g/mol. The first-order valence-corrected chi connectivity index (χ1v) is 23.7. The van der Waals surface area contributed by atoms with Crippen molar-refractivity contribution in [1.29, 1.82) is 0 Å². The molecule has 2 heterocycles. The first-order chi connectivity index (χ1) is 26.2. The molecule has 13 atom stereocenters. The monoisotopic (exact) mass is 775 g/mol. The second-order valence-corrected chi connectivity index (χ2v) is 24.2. The van der Waals surface area contributed by atoms with Gasteiger partial charge in [-0.15, -0.1) is 0 Å². The minimum Gasteiger partial charge on any atom is -0.481 e.